The van der Waals surface area contributed by atoms with Crippen molar-refractivity contribution in [3.63, 3.8) is 0 Å². The van der Waals surface area contributed by atoms with Crippen LogP contribution >= 0.6 is 0 Å². The van der Waals surface area contributed by atoms with Gasteiger partial charge in [0.25, 0.3) is 11.2 Å². The summed E-state index contributed by atoms with van der Waals surface area (Å²) in [6.45, 7) is 1.03. The van der Waals surface area contributed by atoms with Crippen LogP contribution in [0.4, 0.5) is 5.69 Å². The standard InChI is InChI=1S/C46H45N3O13S/c1-30-27-47(45(51)48(44(30)50)28-31-15-20-37(58-4)25-39(31)59-5)43-26-40(62-63(54,55)42-14-10-9-13-38(42)49(52)53)41(61-43)29-60-46(32-11-7-6-8-12-32,33-16-21-35(56-2)22-17-33)34-18-23-36(57-3)24-19-34/h6-25,27,40-41,43H,26,28-29H2,1-5H3. The topological polar surface area (TPSA) is 186 Å². The summed E-state index contributed by atoms with van der Waals surface area (Å²) in [6, 6.07) is 33.8. The molecule has 1 fully saturated rings. The third-order valence-corrected chi connectivity index (χ3v) is 12.3. The molecule has 1 aliphatic rings. The molecule has 0 bridgehead atoms. The molecular formula is C46H45N3O13S. The van der Waals surface area contributed by atoms with Crippen LogP contribution in [0.25, 0.3) is 0 Å². The van der Waals surface area contributed by atoms with Crippen molar-refractivity contribution in [3.05, 3.63) is 186 Å². The maximum absolute atomic E-state index is 14.4. The number of methoxy groups -OCH3 is 4. The van der Waals surface area contributed by atoms with Crippen molar-refractivity contribution in [1.82, 2.24) is 9.13 Å². The molecule has 0 N–H and O–H groups in total. The molecule has 7 rings (SSSR count). The van der Waals surface area contributed by atoms with E-state index in [2.05, 4.69) is 0 Å². The molecule has 6 aromatic rings. The van der Waals surface area contributed by atoms with Gasteiger partial charge in [0, 0.05) is 35.9 Å². The molecule has 328 valence electrons. The predicted molar refractivity (Wildman–Crippen MR) is 230 cm³/mol. The van der Waals surface area contributed by atoms with Crippen LogP contribution in [0.5, 0.6) is 23.0 Å². The Labute approximate surface area is 363 Å². The second-order valence-electron chi connectivity index (χ2n) is 14.6. The summed E-state index contributed by atoms with van der Waals surface area (Å²) < 4.78 is 71.6. The first-order chi connectivity index (χ1) is 30.3. The minimum Gasteiger partial charge on any atom is -0.497 e. The zero-order valence-electron chi connectivity index (χ0n) is 35.0. The maximum atomic E-state index is 14.4. The number of ether oxygens (including phenoxy) is 6. The van der Waals surface area contributed by atoms with E-state index in [-0.39, 0.29) is 25.1 Å². The Kier molecular flexibility index (Phi) is 13.1. The van der Waals surface area contributed by atoms with E-state index in [1.165, 1.54) is 37.1 Å². The number of rotatable bonds is 17. The van der Waals surface area contributed by atoms with E-state index >= 15 is 0 Å². The van der Waals surface area contributed by atoms with Crippen LogP contribution in [-0.2, 0) is 35.9 Å². The van der Waals surface area contributed by atoms with Crippen molar-refractivity contribution < 1.29 is 45.9 Å². The van der Waals surface area contributed by atoms with E-state index in [1.54, 1.807) is 63.6 Å². The first-order valence-electron chi connectivity index (χ1n) is 19.7. The lowest BCUT2D eigenvalue weighted by Crippen LogP contribution is -2.42. The number of aryl methyl sites for hydroxylation is 1. The third kappa shape index (κ3) is 8.94. The Hall–Kier alpha value is -6.79. The van der Waals surface area contributed by atoms with Gasteiger partial charge in [-0.3, -0.25) is 28.2 Å². The Morgan fingerprint density at radius 3 is 1.92 bits per heavy atom. The molecule has 63 heavy (non-hydrogen) atoms. The molecule has 5 aromatic carbocycles. The Morgan fingerprint density at radius 1 is 0.762 bits per heavy atom. The first kappa shape index (κ1) is 44.3. The van der Waals surface area contributed by atoms with E-state index in [0.717, 1.165) is 16.7 Å². The number of aromatic nitrogens is 2. The van der Waals surface area contributed by atoms with Gasteiger partial charge in [-0.1, -0.05) is 66.7 Å². The van der Waals surface area contributed by atoms with E-state index in [1.807, 2.05) is 54.6 Å². The molecule has 0 amide bonds. The summed E-state index contributed by atoms with van der Waals surface area (Å²) in [7, 11) is 1.23. The molecule has 0 saturated carbocycles. The second-order valence-corrected chi connectivity index (χ2v) is 16.1. The van der Waals surface area contributed by atoms with E-state index in [0.29, 0.717) is 45.3 Å². The van der Waals surface area contributed by atoms with Gasteiger partial charge >= 0.3 is 15.8 Å². The van der Waals surface area contributed by atoms with Crippen LogP contribution in [0, 0.1) is 17.0 Å². The SMILES string of the molecule is COc1ccc(C(OCC2OC(n3cc(C)c(=O)n(Cc4ccc(OC)cc4OC)c3=O)CC2OS(=O)(=O)c2ccccc2[N+](=O)[O-])(c2ccccc2)c2ccc(OC)cc2)cc1. The summed E-state index contributed by atoms with van der Waals surface area (Å²) in [5.41, 5.74) is -0.628. The lowest BCUT2D eigenvalue weighted by Gasteiger charge is -2.37. The zero-order valence-corrected chi connectivity index (χ0v) is 35.9. The molecule has 17 heteroatoms. The fraction of sp³-hybridized carbons (Fsp3) is 0.261. The van der Waals surface area contributed by atoms with Crippen molar-refractivity contribution in [2.24, 2.45) is 0 Å². The van der Waals surface area contributed by atoms with Crippen LogP contribution in [0.2, 0.25) is 0 Å². The van der Waals surface area contributed by atoms with Crippen LogP contribution < -0.4 is 30.2 Å². The van der Waals surface area contributed by atoms with Crippen molar-refractivity contribution in [1.29, 1.82) is 0 Å². The molecular weight excluding hydrogens is 835 g/mol. The molecule has 3 unspecified atom stereocenters. The van der Waals surface area contributed by atoms with E-state index in [9.17, 15) is 28.1 Å². The van der Waals surface area contributed by atoms with Crippen molar-refractivity contribution in [2.45, 2.75) is 48.8 Å². The minimum atomic E-state index is -4.84. The molecule has 16 nitrogen and oxygen atoms in total. The highest BCUT2D eigenvalue weighted by Crippen LogP contribution is 2.43. The fourth-order valence-electron chi connectivity index (χ4n) is 7.69. The monoisotopic (exact) mass is 879 g/mol. The molecule has 0 spiro atoms. The average molecular weight is 880 g/mol. The lowest BCUT2D eigenvalue weighted by molar-refractivity contribution is -0.387. The summed E-state index contributed by atoms with van der Waals surface area (Å²) >= 11 is 0. The number of hydrogen-bond acceptors (Lipinski definition) is 13. The normalized spacial score (nSPS) is 16.4. The fourth-order valence-corrected chi connectivity index (χ4v) is 8.97. The molecule has 0 radical (unpaired) electrons. The summed E-state index contributed by atoms with van der Waals surface area (Å²) in [6.07, 6.45) is -2.69. The third-order valence-electron chi connectivity index (χ3n) is 10.9. The molecule has 3 atom stereocenters. The molecule has 1 aliphatic heterocycles. The molecule has 2 heterocycles. The second kappa shape index (κ2) is 18.7. The Bertz CT molecular complexity index is 2760. The summed E-state index contributed by atoms with van der Waals surface area (Å²) in [5, 5.41) is 12.0. The maximum Gasteiger partial charge on any atom is 0.333 e. The Morgan fingerprint density at radius 2 is 1.33 bits per heavy atom. The number of nitrogens with zero attached hydrogens (tertiary/aromatic N) is 3. The summed E-state index contributed by atoms with van der Waals surface area (Å²) in [4.78, 5) is 38.5. The first-order valence-corrected chi connectivity index (χ1v) is 21.1. The number of benzene rings is 5. The van der Waals surface area contributed by atoms with E-state index in [4.69, 9.17) is 32.6 Å². The van der Waals surface area contributed by atoms with Gasteiger partial charge in [-0.2, -0.15) is 8.42 Å². The zero-order chi connectivity index (χ0) is 44.9. The highest BCUT2D eigenvalue weighted by atomic mass is 32.2. The van der Waals surface area contributed by atoms with Crippen LogP contribution in [0.3, 0.4) is 0 Å². The number of nitro benzene ring substituents is 1. The average Bonchev–Trinajstić information content (AvgIpc) is 3.70. The van der Waals surface area contributed by atoms with Gasteiger partial charge < -0.3 is 28.4 Å². The van der Waals surface area contributed by atoms with Crippen molar-refractivity contribution in [3.8, 4) is 23.0 Å². The van der Waals surface area contributed by atoms with Gasteiger partial charge in [-0.05, 0) is 66.1 Å². The molecule has 1 aromatic heterocycles. The highest BCUT2D eigenvalue weighted by Gasteiger charge is 2.45. The van der Waals surface area contributed by atoms with E-state index < -0.39 is 60.9 Å². The Balaban J connectivity index is 1.33. The van der Waals surface area contributed by atoms with Crippen LogP contribution in [-0.4, -0.2) is 69.7 Å². The van der Waals surface area contributed by atoms with Crippen molar-refractivity contribution >= 4 is 15.8 Å². The van der Waals surface area contributed by atoms with Gasteiger partial charge in [0.05, 0.1) is 46.5 Å². The number of hydrogen-bond donors (Lipinski definition) is 0. The van der Waals surface area contributed by atoms with Crippen LogP contribution in [0.1, 0.15) is 40.5 Å². The van der Waals surface area contributed by atoms with Gasteiger partial charge in [-0.15, -0.1) is 0 Å². The van der Waals surface area contributed by atoms with Gasteiger partial charge in [0.15, 0.2) is 4.90 Å². The lowest BCUT2D eigenvalue weighted by atomic mass is 9.80. The van der Waals surface area contributed by atoms with Gasteiger partial charge in [0.2, 0.25) is 0 Å². The van der Waals surface area contributed by atoms with Crippen LogP contribution in [0.15, 0.2) is 142 Å². The minimum absolute atomic E-state index is 0.179. The quantitative estimate of drug-likeness (QED) is 0.0426. The molecule has 0 aliphatic carbocycles. The predicted octanol–water partition coefficient (Wildman–Crippen LogP) is 6.38. The van der Waals surface area contributed by atoms with Gasteiger partial charge in [-0.25, -0.2) is 4.79 Å². The summed E-state index contributed by atoms with van der Waals surface area (Å²) in [5.74, 6) is 2.08. The number of nitro groups is 1. The van der Waals surface area contributed by atoms with Crippen molar-refractivity contribution in [2.75, 3.05) is 35.0 Å². The molecule has 1 saturated heterocycles. The van der Waals surface area contributed by atoms with Gasteiger partial charge in [0.1, 0.15) is 47.0 Å². The highest BCUT2D eigenvalue weighted by molar-refractivity contribution is 7.87. The smallest absolute Gasteiger partial charge is 0.333 e. The largest absolute Gasteiger partial charge is 0.497 e. The number of para-hydroxylation sites is 1.